The Kier molecular flexibility index (Phi) is 4.37. The zero-order valence-corrected chi connectivity index (χ0v) is 11.3. The minimum absolute atomic E-state index is 0.0103. The fourth-order valence-corrected chi connectivity index (χ4v) is 1.83. The zero-order valence-electron chi connectivity index (χ0n) is 10.4. The van der Waals surface area contributed by atoms with Crippen LogP contribution < -0.4 is 5.32 Å². The second-order valence-corrected chi connectivity index (χ2v) is 4.67. The molecule has 0 saturated heterocycles. The van der Waals surface area contributed by atoms with Gasteiger partial charge in [0, 0.05) is 29.1 Å². The van der Waals surface area contributed by atoms with E-state index < -0.39 is 4.92 Å². The van der Waals surface area contributed by atoms with Gasteiger partial charge in [-0.05, 0) is 29.8 Å². The van der Waals surface area contributed by atoms with Crippen molar-refractivity contribution >= 4 is 24.2 Å². The quantitative estimate of drug-likeness (QED) is 0.516. The van der Waals surface area contributed by atoms with Gasteiger partial charge in [-0.2, -0.15) is 0 Å². The van der Waals surface area contributed by atoms with E-state index in [4.69, 9.17) is 0 Å². The van der Waals surface area contributed by atoms with Crippen LogP contribution in [-0.4, -0.2) is 10.8 Å². The Morgan fingerprint density at radius 2 is 1.90 bits per heavy atom. The SMILES string of the molecule is O=C(NCc1cccc([N+](=O)[O-])c1)c1ccc(S)cc1. The molecule has 0 aliphatic carbocycles. The molecule has 2 aromatic rings. The van der Waals surface area contributed by atoms with Gasteiger partial charge in [0.2, 0.25) is 0 Å². The lowest BCUT2D eigenvalue weighted by molar-refractivity contribution is -0.384. The van der Waals surface area contributed by atoms with Crippen molar-refractivity contribution in [3.8, 4) is 0 Å². The van der Waals surface area contributed by atoms with Crippen LogP contribution in [0.2, 0.25) is 0 Å². The van der Waals surface area contributed by atoms with Gasteiger partial charge in [0.25, 0.3) is 11.6 Å². The first-order valence-electron chi connectivity index (χ1n) is 5.87. The summed E-state index contributed by atoms with van der Waals surface area (Å²) in [4.78, 5) is 22.9. The molecule has 0 spiro atoms. The first kappa shape index (κ1) is 14.1. The monoisotopic (exact) mass is 288 g/mol. The molecule has 0 radical (unpaired) electrons. The van der Waals surface area contributed by atoms with Gasteiger partial charge < -0.3 is 5.32 Å². The van der Waals surface area contributed by atoms with Crippen LogP contribution in [0, 0.1) is 10.1 Å². The van der Waals surface area contributed by atoms with Gasteiger partial charge in [-0.15, -0.1) is 12.6 Å². The lowest BCUT2D eigenvalue weighted by Crippen LogP contribution is -2.22. The second-order valence-electron chi connectivity index (χ2n) is 4.16. The Morgan fingerprint density at radius 3 is 2.55 bits per heavy atom. The highest BCUT2D eigenvalue weighted by atomic mass is 32.1. The number of carbonyl (C=O) groups is 1. The van der Waals surface area contributed by atoms with Crippen LogP contribution in [0.4, 0.5) is 5.69 Å². The van der Waals surface area contributed by atoms with E-state index in [1.54, 1.807) is 36.4 Å². The maximum absolute atomic E-state index is 11.9. The van der Waals surface area contributed by atoms with E-state index >= 15 is 0 Å². The molecule has 0 aliphatic heterocycles. The third kappa shape index (κ3) is 3.58. The summed E-state index contributed by atoms with van der Waals surface area (Å²) in [6.07, 6.45) is 0. The number of carbonyl (C=O) groups excluding carboxylic acids is 1. The summed E-state index contributed by atoms with van der Waals surface area (Å²) in [7, 11) is 0. The average molecular weight is 288 g/mol. The molecule has 2 rings (SSSR count). The third-order valence-corrected chi connectivity index (χ3v) is 3.00. The molecule has 0 fully saturated rings. The van der Waals surface area contributed by atoms with Crippen molar-refractivity contribution in [1.29, 1.82) is 0 Å². The van der Waals surface area contributed by atoms with Crippen LogP contribution in [0.15, 0.2) is 53.4 Å². The summed E-state index contributed by atoms with van der Waals surface area (Å²) in [5, 5.41) is 13.4. The van der Waals surface area contributed by atoms with Gasteiger partial charge in [-0.25, -0.2) is 0 Å². The highest BCUT2D eigenvalue weighted by Gasteiger charge is 2.08. The topological polar surface area (TPSA) is 72.2 Å². The van der Waals surface area contributed by atoms with Crippen molar-refractivity contribution in [3.63, 3.8) is 0 Å². The maximum Gasteiger partial charge on any atom is 0.269 e. The Balaban J connectivity index is 2.01. The lowest BCUT2D eigenvalue weighted by atomic mass is 10.2. The van der Waals surface area contributed by atoms with Gasteiger partial charge >= 0.3 is 0 Å². The van der Waals surface area contributed by atoms with Gasteiger partial charge in [0.1, 0.15) is 0 Å². The van der Waals surface area contributed by atoms with Crippen molar-refractivity contribution in [2.24, 2.45) is 0 Å². The van der Waals surface area contributed by atoms with Gasteiger partial charge in [-0.3, -0.25) is 14.9 Å². The zero-order chi connectivity index (χ0) is 14.5. The molecule has 1 N–H and O–H groups in total. The fraction of sp³-hybridized carbons (Fsp3) is 0.0714. The lowest BCUT2D eigenvalue weighted by Gasteiger charge is -2.05. The minimum Gasteiger partial charge on any atom is -0.348 e. The van der Waals surface area contributed by atoms with E-state index in [0.29, 0.717) is 11.1 Å². The molecule has 2 aromatic carbocycles. The summed E-state index contributed by atoms with van der Waals surface area (Å²) in [5.74, 6) is -0.232. The van der Waals surface area contributed by atoms with Crippen molar-refractivity contribution in [3.05, 3.63) is 69.8 Å². The number of amides is 1. The molecule has 0 aliphatic rings. The van der Waals surface area contributed by atoms with E-state index in [2.05, 4.69) is 17.9 Å². The number of nitrogens with zero attached hydrogens (tertiary/aromatic N) is 1. The fourth-order valence-electron chi connectivity index (χ4n) is 1.68. The van der Waals surface area contributed by atoms with Crippen LogP contribution in [-0.2, 0) is 6.54 Å². The van der Waals surface area contributed by atoms with Crippen molar-refractivity contribution < 1.29 is 9.72 Å². The maximum atomic E-state index is 11.9. The smallest absolute Gasteiger partial charge is 0.269 e. The number of non-ortho nitro benzene ring substituents is 1. The molecule has 0 saturated carbocycles. The summed E-state index contributed by atoms with van der Waals surface area (Å²) >= 11 is 4.14. The number of rotatable bonds is 4. The Hall–Kier alpha value is -2.34. The second kappa shape index (κ2) is 6.21. The number of nitro benzene ring substituents is 1. The van der Waals surface area contributed by atoms with Crippen molar-refractivity contribution in [2.75, 3.05) is 0 Å². The molecular formula is C14H12N2O3S. The predicted octanol–water partition coefficient (Wildman–Crippen LogP) is 2.81. The van der Waals surface area contributed by atoms with Crippen LogP contribution in [0.1, 0.15) is 15.9 Å². The molecule has 0 aromatic heterocycles. The molecular weight excluding hydrogens is 276 g/mol. The van der Waals surface area contributed by atoms with Crippen molar-refractivity contribution in [2.45, 2.75) is 11.4 Å². The number of benzene rings is 2. The summed E-state index contributed by atoms with van der Waals surface area (Å²) < 4.78 is 0. The van der Waals surface area contributed by atoms with Gasteiger partial charge in [-0.1, -0.05) is 12.1 Å². The first-order chi connectivity index (χ1) is 9.56. The highest BCUT2D eigenvalue weighted by Crippen LogP contribution is 2.13. The predicted molar refractivity (Wildman–Crippen MR) is 78.0 cm³/mol. The molecule has 0 atom stereocenters. The molecule has 20 heavy (non-hydrogen) atoms. The summed E-state index contributed by atoms with van der Waals surface area (Å²) in [5.41, 5.74) is 1.21. The molecule has 0 heterocycles. The number of nitro groups is 1. The van der Waals surface area contributed by atoms with Crippen LogP contribution in [0.3, 0.4) is 0 Å². The number of nitrogens with one attached hydrogen (secondary N) is 1. The highest BCUT2D eigenvalue weighted by molar-refractivity contribution is 7.80. The van der Waals surface area contributed by atoms with E-state index in [1.165, 1.54) is 12.1 Å². The van der Waals surface area contributed by atoms with E-state index in [1.807, 2.05) is 0 Å². The largest absolute Gasteiger partial charge is 0.348 e. The Bertz CT molecular complexity index is 641. The third-order valence-electron chi connectivity index (χ3n) is 2.70. The molecule has 1 amide bonds. The van der Waals surface area contributed by atoms with Crippen LogP contribution in [0.5, 0.6) is 0 Å². The molecule has 5 nitrogen and oxygen atoms in total. The first-order valence-corrected chi connectivity index (χ1v) is 6.31. The van der Waals surface area contributed by atoms with Crippen LogP contribution >= 0.6 is 12.6 Å². The molecule has 0 bridgehead atoms. The Labute approximate surface area is 121 Å². The molecule has 102 valence electrons. The van der Waals surface area contributed by atoms with Crippen molar-refractivity contribution in [1.82, 2.24) is 5.32 Å². The minimum atomic E-state index is -0.462. The summed E-state index contributed by atoms with van der Waals surface area (Å²) in [6.45, 7) is 0.239. The van der Waals surface area contributed by atoms with E-state index in [9.17, 15) is 14.9 Å². The summed E-state index contributed by atoms with van der Waals surface area (Å²) in [6, 6.07) is 13.0. The number of hydrogen-bond donors (Lipinski definition) is 2. The van der Waals surface area contributed by atoms with Gasteiger partial charge in [0.05, 0.1) is 4.92 Å². The van der Waals surface area contributed by atoms with Gasteiger partial charge in [0.15, 0.2) is 0 Å². The Morgan fingerprint density at radius 1 is 1.20 bits per heavy atom. The number of thiol groups is 1. The molecule has 6 heteroatoms. The van der Waals surface area contributed by atoms with E-state index in [0.717, 1.165) is 4.90 Å². The normalized spacial score (nSPS) is 10.1. The van der Waals surface area contributed by atoms with E-state index in [-0.39, 0.29) is 18.1 Å². The van der Waals surface area contributed by atoms with Crippen LogP contribution in [0.25, 0.3) is 0 Å². The standard InChI is InChI=1S/C14H12N2O3S/c17-14(11-4-6-13(20)7-5-11)15-9-10-2-1-3-12(8-10)16(18)19/h1-8,20H,9H2,(H,15,17). The number of hydrogen-bond acceptors (Lipinski definition) is 4. The average Bonchev–Trinajstić information content (AvgIpc) is 2.46. The molecule has 0 unspecified atom stereocenters.